The van der Waals surface area contributed by atoms with Crippen LogP contribution >= 0.6 is 0 Å². The maximum Gasteiger partial charge on any atom is 0.194 e. The van der Waals surface area contributed by atoms with Crippen LogP contribution in [0.2, 0.25) is 0 Å². The first-order chi connectivity index (χ1) is 9.04. The fraction of sp³-hybridized carbons (Fsp3) is 0. The predicted molar refractivity (Wildman–Crippen MR) is 63.1 cm³/mol. The second kappa shape index (κ2) is 4.01. The molecular weight excluding hydrogens is 257 g/mol. The summed E-state index contributed by atoms with van der Waals surface area (Å²) in [6.07, 6.45) is 0. The molecule has 2 aromatic carbocycles. The largest absolute Gasteiger partial charge is 0.508 e. The van der Waals surface area contributed by atoms with Crippen molar-refractivity contribution in [3.63, 3.8) is 0 Å². The summed E-state index contributed by atoms with van der Waals surface area (Å²) in [5.74, 6) is -3.84. The van der Waals surface area contributed by atoms with Crippen molar-refractivity contribution in [2.75, 3.05) is 0 Å². The van der Waals surface area contributed by atoms with Crippen molar-refractivity contribution < 1.29 is 18.3 Å². The van der Waals surface area contributed by atoms with E-state index < -0.39 is 17.5 Å². The molecule has 0 aliphatic heterocycles. The number of imidazole rings is 1. The molecule has 0 aliphatic carbocycles. The molecule has 0 unspecified atom stereocenters. The van der Waals surface area contributed by atoms with Crippen LogP contribution in [0.5, 0.6) is 5.75 Å². The van der Waals surface area contributed by atoms with Gasteiger partial charge in [0.05, 0.1) is 11.0 Å². The minimum absolute atomic E-state index is 0.0409. The van der Waals surface area contributed by atoms with E-state index in [0.717, 1.165) is 12.1 Å². The quantitative estimate of drug-likeness (QED) is 0.662. The van der Waals surface area contributed by atoms with Gasteiger partial charge in [-0.1, -0.05) is 0 Å². The van der Waals surface area contributed by atoms with Crippen LogP contribution in [0.15, 0.2) is 30.3 Å². The Morgan fingerprint density at radius 1 is 1.00 bits per heavy atom. The van der Waals surface area contributed by atoms with Crippen LogP contribution in [-0.4, -0.2) is 15.1 Å². The molecule has 0 fully saturated rings. The highest BCUT2D eigenvalue weighted by Gasteiger charge is 2.14. The number of aromatic nitrogens is 2. The lowest BCUT2D eigenvalue weighted by Gasteiger charge is -1.99. The number of fused-ring (bicyclic) bond motifs is 1. The third-order valence-electron chi connectivity index (χ3n) is 2.72. The molecule has 3 nitrogen and oxygen atoms in total. The van der Waals surface area contributed by atoms with Crippen LogP contribution in [0.25, 0.3) is 22.4 Å². The zero-order chi connectivity index (χ0) is 13.6. The van der Waals surface area contributed by atoms with Gasteiger partial charge in [-0.25, -0.2) is 18.2 Å². The monoisotopic (exact) mass is 264 g/mol. The van der Waals surface area contributed by atoms with Gasteiger partial charge in [0.15, 0.2) is 17.5 Å². The van der Waals surface area contributed by atoms with Crippen LogP contribution in [0.4, 0.5) is 13.2 Å². The Morgan fingerprint density at radius 3 is 2.37 bits per heavy atom. The van der Waals surface area contributed by atoms with Gasteiger partial charge in [0.25, 0.3) is 0 Å². The lowest BCUT2D eigenvalue weighted by Crippen LogP contribution is -1.92. The van der Waals surface area contributed by atoms with Crippen LogP contribution in [0, 0.1) is 17.5 Å². The molecule has 1 heterocycles. The summed E-state index contributed by atoms with van der Waals surface area (Å²) in [5, 5.41) is 9.32. The minimum Gasteiger partial charge on any atom is -0.508 e. The summed E-state index contributed by atoms with van der Waals surface area (Å²) in [6.45, 7) is 0. The first-order valence-corrected chi connectivity index (χ1v) is 5.38. The van der Waals surface area contributed by atoms with Crippen molar-refractivity contribution in [3.05, 3.63) is 47.8 Å². The summed E-state index contributed by atoms with van der Waals surface area (Å²) in [7, 11) is 0. The van der Waals surface area contributed by atoms with Crippen molar-refractivity contribution in [2.24, 2.45) is 0 Å². The van der Waals surface area contributed by atoms with E-state index >= 15 is 0 Å². The molecular formula is C13H7F3N2O. The van der Waals surface area contributed by atoms with Gasteiger partial charge in [0, 0.05) is 11.6 Å². The number of hydrogen-bond donors (Lipinski definition) is 2. The highest BCUT2D eigenvalue weighted by atomic mass is 19.2. The lowest BCUT2D eigenvalue weighted by molar-refractivity contribution is 0.447. The molecule has 0 bridgehead atoms. The van der Waals surface area contributed by atoms with Gasteiger partial charge in [0.1, 0.15) is 11.6 Å². The summed E-state index contributed by atoms with van der Waals surface area (Å²) >= 11 is 0. The van der Waals surface area contributed by atoms with E-state index in [1.54, 1.807) is 6.07 Å². The second-order valence-electron chi connectivity index (χ2n) is 4.04. The van der Waals surface area contributed by atoms with Crippen LogP contribution in [-0.2, 0) is 0 Å². The number of H-pyrrole nitrogens is 1. The van der Waals surface area contributed by atoms with Crippen molar-refractivity contribution in [3.8, 4) is 17.1 Å². The van der Waals surface area contributed by atoms with Gasteiger partial charge in [0.2, 0.25) is 0 Å². The number of halogens is 3. The molecule has 0 spiro atoms. The van der Waals surface area contributed by atoms with Gasteiger partial charge in [-0.05, 0) is 24.3 Å². The van der Waals surface area contributed by atoms with E-state index in [1.165, 1.54) is 12.1 Å². The molecule has 3 rings (SSSR count). The summed E-state index contributed by atoms with van der Waals surface area (Å²) in [5.41, 5.74) is 1.13. The van der Waals surface area contributed by atoms with E-state index in [9.17, 15) is 18.3 Å². The number of nitrogens with one attached hydrogen (secondary N) is 1. The molecule has 6 heteroatoms. The summed E-state index contributed by atoms with van der Waals surface area (Å²) < 4.78 is 39.2. The van der Waals surface area contributed by atoms with Gasteiger partial charge in [-0.2, -0.15) is 0 Å². The van der Waals surface area contributed by atoms with E-state index in [-0.39, 0.29) is 17.1 Å². The van der Waals surface area contributed by atoms with Crippen LogP contribution < -0.4 is 0 Å². The Morgan fingerprint density at radius 2 is 1.68 bits per heavy atom. The lowest BCUT2D eigenvalue weighted by atomic mass is 10.2. The van der Waals surface area contributed by atoms with Crippen molar-refractivity contribution in [1.82, 2.24) is 9.97 Å². The Balaban J connectivity index is 2.19. The third kappa shape index (κ3) is 1.91. The smallest absolute Gasteiger partial charge is 0.194 e. The predicted octanol–water partition coefficient (Wildman–Crippen LogP) is 3.35. The highest BCUT2D eigenvalue weighted by molar-refractivity contribution is 5.80. The van der Waals surface area contributed by atoms with Crippen molar-refractivity contribution >= 4 is 11.0 Å². The SMILES string of the molecule is Oc1ccc2nc(-c3cc(F)c(F)c(F)c3)[nH]c2c1. The average molecular weight is 264 g/mol. The highest BCUT2D eigenvalue weighted by Crippen LogP contribution is 2.25. The summed E-state index contributed by atoms with van der Waals surface area (Å²) in [4.78, 5) is 6.91. The third-order valence-corrected chi connectivity index (χ3v) is 2.72. The van der Waals surface area contributed by atoms with Gasteiger partial charge >= 0.3 is 0 Å². The van der Waals surface area contributed by atoms with Crippen LogP contribution in [0.1, 0.15) is 0 Å². The molecule has 0 radical (unpaired) electrons. The minimum atomic E-state index is -1.52. The number of rotatable bonds is 1. The number of hydrogen-bond acceptors (Lipinski definition) is 2. The fourth-order valence-corrected chi connectivity index (χ4v) is 1.83. The Kier molecular flexibility index (Phi) is 2.45. The number of phenols is 1. The molecule has 3 aromatic rings. The zero-order valence-electron chi connectivity index (χ0n) is 9.42. The molecule has 0 atom stereocenters. The van der Waals surface area contributed by atoms with E-state index in [1.807, 2.05) is 0 Å². The van der Waals surface area contributed by atoms with E-state index in [2.05, 4.69) is 9.97 Å². The maximum absolute atomic E-state index is 13.1. The molecule has 96 valence electrons. The normalized spacial score (nSPS) is 11.1. The Hall–Kier alpha value is -2.50. The fourth-order valence-electron chi connectivity index (χ4n) is 1.83. The van der Waals surface area contributed by atoms with Gasteiger partial charge in [-0.15, -0.1) is 0 Å². The maximum atomic E-state index is 13.1. The average Bonchev–Trinajstić information content (AvgIpc) is 2.78. The molecule has 0 aliphatic rings. The van der Waals surface area contributed by atoms with E-state index in [4.69, 9.17) is 0 Å². The van der Waals surface area contributed by atoms with Gasteiger partial charge < -0.3 is 10.1 Å². The molecule has 19 heavy (non-hydrogen) atoms. The van der Waals surface area contributed by atoms with Gasteiger partial charge in [-0.3, -0.25) is 0 Å². The molecule has 0 amide bonds. The Bertz CT molecular complexity index is 760. The standard InChI is InChI=1S/C13H7F3N2O/c14-8-3-6(4-9(15)12(8)16)13-17-10-2-1-7(19)5-11(10)18-13/h1-5,19H,(H,17,18). The molecule has 1 aromatic heterocycles. The second-order valence-corrected chi connectivity index (χ2v) is 4.04. The zero-order valence-corrected chi connectivity index (χ0v) is 9.42. The number of aromatic hydroxyl groups is 1. The first-order valence-electron chi connectivity index (χ1n) is 5.38. The molecule has 0 saturated carbocycles. The van der Waals surface area contributed by atoms with Crippen molar-refractivity contribution in [1.29, 1.82) is 0 Å². The van der Waals surface area contributed by atoms with Crippen LogP contribution in [0.3, 0.4) is 0 Å². The summed E-state index contributed by atoms with van der Waals surface area (Å²) in [6, 6.07) is 6.15. The molecule has 2 N–H and O–H groups in total. The van der Waals surface area contributed by atoms with Crippen molar-refractivity contribution in [2.45, 2.75) is 0 Å². The number of aromatic amines is 1. The number of phenolic OH excluding ortho intramolecular Hbond substituents is 1. The Labute approximate surface area is 105 Å². The topological polar surface area (TPSA) is 48.9 Å². The number of benzene rings is 2. The number of nitrogens with zero attached hydrogens (tertiary/aromatic N) is 1. The molecule has 0 saturated heterocycles. The first kappa shape index (κ1) is 11.6. The van der Waals surface area contributed by atoms with E-state index in [0.29, 0.717) is 11.0 Å².